The summed E-state index contributed by atoms with van der Waals surface area (Å²) >= 11 is 0. The molecule has 0 spiro atoms. The molecule has 0 aliphatic rings. The van der Waals surface area contributed by atoms with Crippen molar-refractivity contribution in [3.05, 3.63) is 0 Å². The van der Waals surface area contributed by atoms with E-state index in [1.807, 2.05) is 0 Å². The first-order valence-electron chi connectivity index (χ1n) is 24.4. The summed E-state index contributed by atoms with van der Waals surface area (Å²) in [5.74, 6) is 0. The van der Waals surface area contributed by atoms with E-state index < -0.39 is 0 Å². The summed E-state index contributed by atoms with van der Waals surface area (Å²) in [6, 6.07) is 0. The van der Waals surface area contributed by atoms with E-state index in [1.165, 1.54) is 109 Å². The molecule has 0 aromatic rings. The molecule has 0 aliphatic carbocycles. The van der Waals surface area contributed by atoms with Gasteiger partial charge in [0.2, 0.25) is 0 Å². The van der Waals surface area contributed by atoms with Gasteiger partial charge in [0, 0.05) is 13.2 Å². The number of hydrogen-bond donors (Lipinski definition) is 0. The van der Waals surface area contributed by atoms with E-state index in [0.29, 0.717) is 159 Å². The SMILES string of the molecule is CCCCCCCCCCCCCOCCOCCOCCOCCOCCOCCOCCOCCOCCOCCOCCOCCOCCCCCCCCCC. The van der Waals surface area contributed by atoms with E-state index in [4.69, 9.17) is 61.6 Å². The number of unbranched alkanes of at least 4 members (excludes halogenated alkanes) is 17. The van der Waals surface area contributed by atoms with Gasteiger partial charge in [-0.05, 0) is 12.8 Å². The molecule has 0 fully saturated rings. The summed E-state index contributed by atoms with van der Waals surface area (Å²) in [5, 5.41) is 0. The Kier molecular flexibility index (Phi) is 58.0. The van der Waals surface area contributed by atoms with Crippen LogP contribution in [0.1, 0.15) is 136 Å². The molecular formula is C47H96O13. The van der Waals surface area contributed by atoms with Gasteiger partial charge in [-0.1, -0.05) is 123 Å². The van der Waals surface area contributed by atoms with Crippen LogP contribution in [0.5, 0.6) is 0 Å². The highest BCUT2D eigenvalue weighted by Gasteiger charge is 1.99. The van der Waals surface area contributed by atoms with Gasteiger partial charge in [-0.3, -0.25) is 0 Å². The van der Waals surface area contributed by atoms with Crippen molar-refractivity contribution in [1.82, 2.24) is 0 Å². The summed E-state index contributed by atoms with van der Waals surface area (Å²) < 4.78 is 72.2. The topological polar surface area (TPSA) is 120 Å². The predicted octanol–water partition coefficient (Wildman–Crippen LogP) is 8.65. The van der Waals surface area contributed by atoms with Crippen LogP contribution in [0.15, 0.2) is 0 Å². The van der Waals surface area contributed by atoms with E-state index in [0.717, 1.165) is 26.1 Å². The predicted molar refractivity (Wildman–Crippen MR) is 240 cm³/mol. The van der Waals surface area contributed by atoms with E-state index in [-0.39, 0.29) is 0 Å². The van der Waals surface area contributed by atoms with Crippen molar-refractivity contribution in [1.29, 1.82) is 0 Å². The second-order valence-corrected chi connectivity index (χ2v) is 15.0. The van der Waals surface area contributed by atoms with Crippen LogP contribution in [-0.2, 0) is 61.6 Å². The zero-order chi connectivity index (χ0) is 43.0. The zero-order valence-corrected chi connectivity index (χ0v) is 39.1. The highest BCUT2D eigenvalue weighted by molar-refractivity contribution is 4.49. The van der Waals surface area contributed by atoms with Crippen LogP contribution in [-0.4, -0.2) is 172 Å². The molecule has 362 valence electrons. The molecule has 0 aliphatic heterocycles. The second kappa shape index (κ2) is 58.5. The molecule has 0 N–H and O–H groups in total. The molecule has 0 atom stereocenters. The standard InChI is InChI=1S/C47H96O13/c1-3-5-7-9-11-13-14-15-17-19-21-23-49-25-27-51-29-31-53-33-35-55-37-39-57-41-43-59-45-47-60-46-44-58-42-40-56-38-36-54-34-32-52-30-28-50-26-24-48-22-20-18-16-12-10-8-6-4-2/h3-47H2,1-2H3. The smallest absolute Gasteiger partial charge is 0.0701 e. The van der Waals surface area contributed by atoms with Gasteiger partial charge in [0.15, 0.2) is 0 Å². The number of hydrogen-bond acceptors (Lipinski definition) is 13. The Morgan fingerprint density at radius 2 is 0.250 bits per heavy atom. The van der Waals surface area contributed by atoms with Gasteiger partial charge >= 0.3 is 0 Å². The molecule has 0 amide bonds. The fraction of sp³-hybridized carbons (Fsp3) is 1.00. The average Bonchev–Trinajstić information content (AvgIpc) is 3.26. The number of ether oxygens (including phenoxy) is 13. The third-order valence-electron chi connectivity index (χ3n) is 9.50. The van der Waals surface area contributed by atoms with E-state index in [9.17, 15) is 0 Å². The van der Waals surface area contributed by atoms with Crippen molar-refractivity contribution in [2.45, 2.75) is 136 Å². The lowest BCUT2D eigenvalue weighted by molar-refractivity contribution is -0.0290. The van der Waals surface area contributed by atoms with Gasteiger partial charge in [0.25, 0.3) is 0 Å². The molecule has 60 heavy (non-hydrogen) atoms. The second-order valence-electron chi connectivity index (χ2n) is 15.0. The normalized spacial score (nSPS) is 11.7. The minimum absolute atomic E-state index is 0.518. The Hall–Kier alpha value is -0.520. The van der Waals surface area contributed by atoms with Crippen LogP contribution in [0.2, 0.25) is 0 Å². The molecule has 0 radical (unpaired) electrons. The van der Waals surface area contributed by atoms with E-state index in [2.05, 4.69) is 13.8 Å². The lowest BCUT2D eigenvalue weighted by Gasteiger charge is -2.09. The highest BCUT2D eigenvalue weighted by Crippen LogP contribution is 2.11. The lowest BCUT2D eigenvalue weighted by atomic mass is 10.1. The molecule has 0 saturated carbocycles. The van der Waals surface area contributed by atoms with Crippen molar-refractivity contribution in [3.8, 4) is 0 Å². The molecule has 13 nitrogen and oxygen atoms in total. The van der Waals surface area contributed by atoms with Crippen LogP contribution < -0.4 is 0 Å². The van der Waals surface area contributed by atoms with Crippen molar-refractivity contribution in [2.75, 3.05) is 172 Å². The fourth-order valence-electron chi connectivity index (χ4n) is 5.95. The highest BCUT2D eigenvalue weighted by atomic mass is 16.6. The van der Waals surface area contributed by atoms with E-state index in [1.54, 1.807) is 0 Å². The minimum atomic E-state index is 0.518. The largest absolute Gasteiger partial charge is 0.379 e. The maximum absolute atomic E-state index is 5.67. The summed E-state index contributed by atoms with van der Waals surface area (Å²) in [6.45, 7) is 19.4. The molecule has 0 aromatic heterocycles. The summed E-state index contributed by atoms with van der Waals surface area (Å²) in [4.78, 5) is 0. The van der Waals surface area contributed by atoms with Gasteiger partial charge in [-0.2, -0.15) is 0 Å². The average molecular weight is 869 g/mol. The molecule has 0 heterocycles. The number of rotatable bonds is 57. The molecule has 0 unspecified atom stereocenters. The first-order valence-corrected chi connectivity index (χ1v) is 24.4. The Balaban J connectivity index is 3.06. The van der Waals surface area contributed by atoms with Gasteiger partial charge in [-0.25, -0.2) is 0 Å². The summed E-state index contributed by atoms with van der Waals surface area (Å²) in [6.07, 6.45) is 25.4. The molecule has 0 bridgehead atoms. The Morgan fingerprint density at radius 3 is 0.400 bits per heavy atom. The summed E-state index contributed by atoms with van der Waals surface area (Å²) in [7, 11) is 0. The summed E-state index contributed by atoms with van der Waals surface area (Å²) in [5.41, 5.74) is 0. The third kappa shape index (κ3) is 57.5. The molecular weight excluding hydrogens is 773 g/mol. The lowest BCUT2D eigenvalue weighted by Crippen LogP contribution is -2.15. The Morgan fingerprint density at radius 1 is 0.133 bits per heavy atom. The third-order valence-corrected chi connectivity index (χ3v) is 9.50. The van der Waals surface area contributed by atoms with Gasteiger partial charge in [0.1, 0.15) is 0 Å². The first kappa shape index (κ1) is 59.5. The molecule has 0 rings (SSSR count). The van der Waals surface area contributed by atoms with Crippen LogP contribution in [0.25, 0.3) is 0 Å². The minimum Gasteiger partial charge on any atom is -0.379 e. The quantitative estimate of drug-likeness (QED) is 0.0543. The van der Waals surface area contributed by atoms with Crippen molar-refractivity contribution >= 4 is 0 Å². The monoisotopic (exact) mass is 869 g/mol. The van der Waals surface area contributed by atoms with Gasteiger partial charge < -0.3 is 61.6 Å². The van der Waals surface area contributed by atoms with Crippen molar-refractivity contribution in [3.63, 3.8) is 0 Å². The Labute approximate surface area is 368 Å². The molecule has 0 aromatic carbocycles. The molecule has 0 saturated heterocycles. The molecule has 13 heteroatoms. The first-order chi connectivity index (χ1) is 29.9. The van der Waals surface area contributed by atoms with Crippen LogP contribution in [0, 0.1) is 0 Å². The van der Waals surface area contributed by atoms with Crippen LogP contribution in [0.3, 0.4) is 0 Å². The maximum Gasteiger partial charge on any atom is 0.0701 e. The van der Waals surface area contributed by atoms with Gasteiger partial charge in [0.05, 0.1) is 159 Å². The van der Waals surface area contributed by atoms with Crippen LogP contribution in [0.4, 0.5) is 0 Å². The van der Waals surface area contributed by atoms with Crippen LogP contribution >= 0.6 is 0 Å². The maximum atomic E-state index is 5.67. The Bertz CT molecular complexity index is 667. The zero-order valence-electron chi connectivity index (χ0n) is 39.1. The fourth-order valence-corrected chi connectivity index (χ4v) is 5.95. The van der Waals surface area contributed by atoms with Crippen molar-refractivity contribution in [2.24, 2.45) is 0 Å². The van der Waals surface area contributed by atoms with E-state index >= 15 is 0 Å². The van der Waals surface area contributed by atoms with Crippen molar-refractivity contribution < 1.29 is 61.6 Å². The van der Waals surface area contributed by atoms with Gasteiger partial charge in [-0.15, -0.1) is 0 Å².